The van der Waals surface area contributed by atoms with Crippen LogP contribution in [0.25, 0.3) is 6.08 Å². The van der Waals surface area contributed by atoms with Gasteiger partial charge in [0.25, 0.3) is 17.5 Å². The number of halogens is 2. The van der Waals surface area contributed by atoms with E-state index in [1.54, 1.807) is 24.3 Å². The third kappa shape index (κ3) is 5.61. The molecule has 1 heterocycles. The number of carbonyl (C=O) groups is 3. The Balaban J connectivity index is 1.09. The predicted molar refractivity (Wildman–Crippen MR) is 175 cm³/mol. The van der Waals surface area contributed by atoms with Crippen LogP contribution in [-0.2, 0) is 21.6 Å². The van der Waals surface area contributed by atoms with E-state index in [2.05, 4.69) is 49.3 Å². The van der Waals surface area contributed by atoms with E-state index in [4.69, 9.17) is 4.74 Å². The number of amides is 4. The second-order valence-electron chi connectivity index (χ2n) is 12.7. The zero-order chi connectivity index (χ0) is 31.5. The van der Waals surface area contributed by atoms with E-state index in [1.165, 1.54) is 62.3 Å². The van der Waals surface area contributed by atoms with Gasteiger partial charge in [0.15, 0.2) is 0 Å². The number of barbiturate groups is 1. The van der Waals surface area contributed by atoms with Gasteiger partial charge in [0, 0.05) is 12.1 Å². The molecule has 1 aliphatic heterocycles. The van der Waals surface area contributed by atoms with Gasteiger partial charge >= 0.3 is 6.03 Å². The van der Waals surface area contributed by atoms with E-state index in [1.807, 2.05) is 12.1 Å². The van der Waals surface area contributed by atoms with Crippen LogP contribution in [-0.4, -0.2) is 22.8 Å². The van der Waals surface area contributed by atoms with Gasteiger partial charge in [-0.3, -0.25) is 25.0 Å². The molecular weight excluding hydrogens is 706 g/mol. The summed E-state index contributed by atoms with van der Waals surface area (Å²) < 4.78 is 7.05. The van der Waals surface area contributed by atoms with Crippen molar-refractivity contribution in [3.63, 3.8) is 0 Å². The van der Waals surface area contributed by atoms with E-state index in [9.17, 15) is 24.5 Å². The van der Waals surface area contributed by atoms with Crippen molar-refractivity contribution in [3.8, 4) is 5.75 Å². The van der Waals surface area contributed by atoms with Gasteiger partial charge in [-0.1, -0.05) is 12.1 Å². The summed E-state index contributed by atoms with van der Waals surface area (Å²) in [6.45, 7) is 0.162. The maximum Gasteiger partial charge on any atom is 0.335 e. The fraction of sp³-hybridized carbons (Fsp3) is 0.324. The molecule has 4 amide bonds. The Morgan fingerprint density at radius 1 is 0.911 bits per heavy atom. The topological polar surface area (TPSA) is 119 Å². The number of hydrogen-bond acceptors (Lipinski definition) is 6. The average molecular weight is 735 g/mol. The number of anilines is 1. The first-order chi connectivity index (χ1) is 21.6. The predicted octanol–water partition coefficient (Wildman–Crippen LogP) is 7.83. The average Bonchev–Trinajstić information content (AvgIpc) is 2.98. The van der Waals surface area contributed by atoms with Gasteiger partial charge in [-0.05, 0) is 153 Å². The van der Waals surface area contributed by atoms with Crippen molar-refractivity contribution in [2.45, 2.75) is 50.5 Å². The monoisotopic (exact) mass is 733 g/mol. The van der Waals surface area contributed by atoms with Gasteiger partial charge in [0.2, 0.25) is 0 Å². The van der Waals surface area contributed by atoms with Crippen molar-refractivity contribution >= 4 is 67.2 Å². The van der Waals surface area contributed by atoms with Crippen LogP contribution in [0.5, 0.6) is 5.75 Å². The molecule has 8 rings (SSSR count). The van der Waals surface area contributed by atoms with Crippen LogP contribution in [0, 0.1) is 27.9 Å². The lowest BCUT2D eigenvalue weighted by Gasteiger charge is -2.57. The summed E-state index contributed by atoms with van der Waals surface area (Å²) in [6.07, 6.45) is 9.16. The number of ether oxygens (including phenoxy) is 1. The number of nitrogens with one attached hydrogen (secondary N) is 1. The highest BCUT2D eigenvalue weighted by Crippen LogP contribution is 2.60. The van der Waals surface area contributed by atoms with Crippen molar-refractivity contribution in [3.05, 3.63) is 102 Å². The summed E-state index contributed by atoms with van der Waals surface area (Å²) >= 11 is 6.99. The minimum atomic E-state index is -0.776. The van der Waals surface area contributed by atoms with Crippen molar-refractivity contribution in [2.24, 2.45) is 17.8 Å². The zero-order valence-electron chi connectivity index (χ0n) is 24.1. The number of carbonyl (C=O) groups excluding carboxylic acids is 3. The van der Waals surface area contributed by atoms with Gasteiger partial charge in [-0.25, -0.2) is 9.69 Å². The molecule has 0 aromatic heterocycles. The maximum atomic E-state index is 13.6. The Kier molecular flexibility index (Phi) is 7.64. The smallest absolute Gasteiger partial charge is 0.335 e. The van der Waals surface area contributed by atoms with E-state index < -0.39 is 22.8 Å². The van der Waals surface area contributed by atoms with Crippen molar-refractivity contribution < 1.29 is 24.0 Å². The van der Waals surface area contributed by atoms with Crippen LogP contribution in [0.2, 0.25) is 0 Å². The van der Waals surface area contributed by atoms with E-state index >= 15 is 0 Å². The number of non-ortho nitro benzene ring substituents is 1. The third-order valence-corrected chi connectivity index (χ3v) is 10.9. The first-order valence-electron chi connectivity index (χ1n) is 15.0. The van der Waals surface area contributed by atoms with Gasteiger partial charge in [0.1, 0.15) is 17.9 Å². The number of nitrogens with zero attached hydrogens (tertiary/aromatic N) is 2. The molecule has 230 valence electrons. The molecule has 4 aliphatic carbocycles. The van der Waals surface area contributed by atoms with Crippen LogP contribution < -0.4 is 15.0 Å². The van der Waals surface area contributed by atoms with Crippen LogP contribution in [0.15, 0.2) is 75.2 Å². The molecule has 5 aliphatic rings. The van der Waals surface area contributed by atoms with E-state index in [-0.39, 0.29) is 23.3 Å². The van der Waals surface area contributed by atoms with Crippen LogP contribution in [0.3, 0.4) is 0 Å². The van der Waals surface area contributed by atoms with Crippen molar-refractivity contribution in [1.29, 1.82) is 0 Å². The minimum absolute atomic E-state index is 0.00500. The molecule has 1 N–H and O–H groups in total. The highest BCUT2D eigenvalue weighted by atomic mass is 79.9. The molecule has 0 atom stereocenters. The lowest BCUT2D eigenvalue weighted by atomic mass is 9.48. The number of benzene rings is 3. The largest absolute Gasteiger partial charge is 0.487 e. The number of nitro groups is 1. The quantitative estimate of drug-likeness (QED) is 0.114. The number of nitro benzene ring substituents is 1. The third-order valence-electron chi connectivity index (χ3n) is 9.74. The lowest BCUT2D eigenvalue weighted by molar-refractivity contribution is -0.384. The standard InChI is InChI=1S/C34H29Br2N3O6/c35-28-13-20(14-29(36)30(28)45-18-19-1-5-26(6-2-19)39(43)44)12-27-31(40)37-33(42)38(32(27)41)25-7-3-24(4-8-25)34-15-21-9-22(16-34)11-23(10-21)17-34/h1-8,12-14,21-23H,9-11,15-18H2,(H,37,40,42)/b27-12+. The first-order valence-corrected chi connectivity index (χ1v) is 16.5. The van der Waals surface area contributed by atoms with E-state index in [0.29, 0.717) is 25.9 Å². The second-order valence-corrected chi connectivity index (χ2v) is 14.4. The molecule has 4 bridgehead atoms. The van der Waals surface area contributed by atoms with E-state index in [0.717, 1.165) is 28.2 Å². The fourth-order valence-electron chi connectivity index (χ4n) is 8.16. The molecule has 3 aromatic carbocycles. The Morgan fingerprint density at radius 2 is 1.49 bits per heavy atom. The summed E-state index contributed by atoms with van der Waals surface area (Å²) in [5.41, 5.74) is 3.00. The highest BCUT2D eigenvalue weighted by molar-refractivity contribution is 9.11. The van der Waals surface area contributed by atoms with Crippen molar-refractivity contribution in [2.75, 3.05) is 4.90 Å². The van der Waals surface area contributed by atoms with Crippen LogP contribution in [0.1, 0.15) is 55.2 Å². The Hall–Kier alpha value is -3.83. The molecular formula is C34H29Br2N3O6. The molecule has 3 aromatic rings. The first kappa shape index (κ1) is 29.9. The van der Waals surface area contributed by atoms with Crippen LogP contribution in [0.4, 0.5) is 16.2 Å². The van der Waals surface area contributed by atoms with Gasteiger partial charge in [-0.2, -0.15) is 0 Å². The molecule has 9 nitrogen and oxygen atoms in total. The van der Waals surface area contributed by atoms with Crippen molar-refractivity contribution in [1.82, 2.24) is 5.32 Å². The molecule has 1 saturated heterocycles. The molecule has 11 heteroatoms. The van der Waals surface area contributed by atoms with Gasteiger partial charge < -0.3 is 4.74 Å². The summed E-state index contributed by atoms with van der Waals surface area (Å²) in [5, 5.41) is 13.2. The lowest BCUT2D eigenvalue weighted by Crippen LogP contribution is -2.54. The Bertz CT molecular complexity index is 1710. The SMILES string of the molecule is O=C1NC(=O)N(c2ccc(C34CC5CC(CC(C5)C3)C4)cc2)C(=O)/C1=C/c1cc(Br)c(OCc2ccc([N+](=O)[O-])cc2)c(Br)c1. The van der Waals surface area contributed by atoms with Crippen LogP contribution >= 0.6 is 31.9 Å². The molecule has 0 unspecified atom stereocenters. The summed E-state index contributed by atoms with van der Waals surface area (Å²) in [7, 11) is 0. The molecule has 0 radical (unpaired) electrons. The zero-order valence-corrected chi connectivity index (χ0v) is 27.3. The van der Waals surface area contributed by atoms with Gasteiger partial charge in [-0.15, -0.1) is 0 Å². The molecule has 5 fully saturated rings. The fourth-order valence-corrected chi connectivity index (χ4v) is 9.61. The van der Waals surface area contributed by atoms with Gasteiger partial charge in [0.05, 0.1) is 19.6 Å². The number of rotatable bonds is 7. The highest BCUT2D eigenvalue weighted by Gasteiger charge is 2.51. The second kappa shape index (κ2) is 11.5. The summed E-state index contributed by atoms with van der Waals surface area (Å²) in [4.78, 5) is 50.8. The summed E-state index contributed by atoms with van der Waals surface area (Å²) in [5.74, 6) is 1.43. The Labute approximate surface area is 276 Å². The number of hydrogen-bond donors (Lipinski definition) is 1. The minimum Gasteiger partial charge on any atom is -0.487 e. The molecule has 45 heavy (non-hydrogen) atoms. The number of imide groups is 2. The normalized spacial score (nSPS) is 26.4. The Morgan fingerprint density at radius 3 is 2.04 bits per heavy atom. The number of urea groups is 1. The molecule has 0 spiro atoms. The summed E-state index contributed by atoms with van der Waals surface area (Å²) in [6, 6.07) is 16.5. The molecule has 4 saturated carbocycles. The maximum absolute atomic E-state index is 13.6.